The molecule has 4 nitrogen and oxygen atoms in total. The summed E-state index contributed by atoms with van der Waals surface area (Å²) in [6.07, 6.45) is 1.74. The van der Waals surface area contributed by atoms with Crippen molar-refractivity contribution in [2.24, 2.45) is 5.92 Å². The number of thioether (sulfide) groups is 1. The van der Waals surface area contributed by atoms with E-state index in [1.165, 1.54) is 5.56 Å². The Hall–Kier alpha value is -1.49. The Morgan fingerprint density at radius 2 is 1.91 bits per heavy atom. The van der Waals surface area contributed by atoms with Crippen LogP contribution >= 0.6 is 11.8 Å². The number of rotatable bonds is 6. The summed E-state index contributed by atoms with van der Waals surface area (Å²) in [5.74, 6) is 0.668. The van der Waals surface area contributed by atoms with E-state index < -0.39 is 11.5 Å². The molecule has 0 aromatic heterocycles. The molecule has 2 rings (SSSR count). The van der Waals surface area contributed by atoms with Crippen molar-refractivity contribution in [2.75, 3.05) is 11.5 Å². The molecule has 22 heavy (non-hydrogen) atoms. The minimum absolute atomic E-state index is 0.221. The molecular weight excluding hydrogens is 298 g/mol. The lowest BCUT2D eigenvalue weighted by Gasteiger charge is -2.24. The molecule has 1 aliphatic heterocycles. The fraction of sp³-hybridized carbons (Fsp3) is 0.529. The van der Waals surface area contributed by atoms with Crippen molar-refractivity contribution in [1.29, 1.82) is 0 Å². The summed E-state index contributed by atoms with van der Waals surface area (Å²) in [6, 6.07) is 7.99. The third kappa shape index (κ3) is 4.26. The standard InChI is InChI=1S/C17H23NO3S/c1-12(2)9-13-3-5-14(6-4-13)10-15(19)18-17(16(20)21)7-8-22-11-17/h3-6,12H,7-11H2,1-2H3,(H,18,19)(H,20,21). The maximum absolute atomic E-state index is 12.2. The van der Waals surface area contributed by atoms with Crippen molar-refractivity contribution >= 4 is 23.6 Å². The minimum atomic E-state index is -1.08. The number of aliphatic carboxylic acids is 1. The topological polar surface area (TPSA) is 66.4 Å². The molecule has 1 amide bonds. The highest BCUT2D eigenvalue weighted by Gasteiger charge is 2.43. The summed E-state index contributed by atoms with van der Waals surface area (Å²) in [5.41, 5.74) is 1.09. The first-order valence-electron chi connectivity index (χ1n) is 7.61. The van der Waals surface area contributed by atoms with E-state index in [2.05, 4.69) is 19.2 Å². The van der Waals surface area contributed by atoms with Gasteiger partial charge in [0.2, 0.25) is 5.91 Å². The van der Waals surface area contributed by atoms with Crippen molar-refractivity contribution in [3.05, 3.63) is 35.4 Å². The maximum atomic E-state index is 12.2. The van der Waals surface area contributed by atoms with Gasteiger partial charge in [0.1, 0.15) is 5.54 Å². The quantitative estimate of drug-likeness (QED) is 0.845. The molecule has 0 bridgehead atoms. The lowest BCUT2D eigenvalue weighted by molar-refractivity contribution is -0.146. The molecule has 1 aromatic carbocycles. The van der Waals surface area contributed by atoms with E-state index in [1.54, 1.807) is 11.8 Å². The number of amides is 1. The van der Waals surface area contributed by atoms with Gasteiger partial charge in [0, 0.05) is 5.75 Å². The Balaban J connectivity index is 1.95. The van der Waals surface area contributed by atoms with E-state index in [0.717, 1.165) is 17.7 Å². The molecule has 1 atom stereocenters. The van der Waals surface area contributed by atoms with Crippen molar-refractivity contribution in [2.45, 2.75) is 38.6 Å². The number of carboxylic acids is 1. The van der Waals surface area contributed by atoms with Crippen LogP contribution in [0, 0.1) is 5.92 Å². The summed E-state index contributed by atoms with van der Waals surface area (Å²) < 4.78 is 0. The predicted molar refractivity (Wildman–Crippen MR) is 89.1 cm³/mol. The molecule has 1 aromatic rings. The molecule has 0 saturated carbocycles. The Bertz CT molecular complexity index is 533. The fourth-order valence-electron chi connectivity index (χ4n) is 2.65. The fourth-order valence-corrected chi connectivity index (χ4v) is 3.97. The van der Waals surface area contributed by atoms with Gasteiger partial charge in [-0.15, -0.1) is 0 Å². The maximum Gasteiger partial charge on any atom is 0.330 e. The van der Waals surface area contributed by atoms with E-state index in [-0.39, 0.29) is 12.3 Å². The monoisotopic (exact) mass is 321 g/mol. The Morgan fingerprint density at radius 3 is 2.41 bits per heavy atom. The average Bonchev–Trinajstić information content (AvgIpc) is 2.90. The molecule has 0 radical (unpaired) electrons. The number of hydrogen-bond acceptors (Lipinski definition) is 3. The predicted octanol–water partition coefficient (Wildman–Crippen LogP) is 2.50. The summed E-state index contributed by atoms with van der Waals surface area (Å²) >= 11 is 1.57. The molecule has 1 aliphatic rings. The van der Waals surface area contributed by atoms with Crippen LogP contribution in [0.15, 0.2) is 24.3 Å². The normalized spacial score (nSPS) is 21.0. The van der Waals surface area contributed by atoms with Gasteiger partial charge < -0.3 is 10.4 Å². The third-order valence-corrected chi connectivity index (χ3v) is 5.03. The van der Waals surface area contributed by atoms with Crippen LogP contribution in [0.4, 0.5) is 0 Å². The lowest BCUT2D eigenvalue weighted by atomic mass is 9.98. The van der Waals surface area contributed by atoms with Crippen LogP contribution < -0.4 is 5.32 Å². The highest BCUT2D eigenvalue weighted by atomic mass is 32.2. The molecule has 1 fully saturated rings. The summed E-state index contributed by atoms with van der Waals surface area (Å²) in [6.45, 7) is 4.35. The minimum Gasteiger partial charge on any atom is -0.479 e. The third-order valence-electron chi connectivity index (χ3n) is 3.84. The van der Waals surface area contributed by atoms with Crippen molar-refractivity contribution < 1.29 is 14.7 Å². The van der Waals surface area contributed by atoms with Gasteiger partial charge in [0.05, 0.1) is 6.42 Å². The molecule has 0 spiro atoms. The van der Waals surface area contributed by atoms with Crippen LogP contribution in [0.25, 0.3) is 0 Å². The Labute approximate surface area is 135 Å². The molecule has 1 saturated heterocycles. The van der Waals surface area contributed by atoms with Crippen LogP contribution in [-0.4, -0.2) is 34.0 Å². The first-order valence-corrected chi connectivity index (χ1v) is 8.77. The van der Waals surface area contributed by atoms with Crippen LogP contribution in [-0.2, 0) is 22.4 Å². The average molecular weight is 321 g/mol. The highest BCUT2D eigenvalue weighted by molar-refractivity contribution is 7.99. The van der Waals surface area contributed by atoms with Gasteiger partial charge in [-0.1, -0.05) is 38.1 Å². The highest BCUT2D eigenvalue weighted by Crippen LogP contribution is 2.28. The van der Waals surface area contributed by atoms with Crippen molar-refractivity contribution in [3.8, 4) is 0 Å². The molecule has 0 aliphatic carbocycles. The van der Waals surface area contributed by atoms with Gasteiger partial charge in [-0.3, -0.25) is 4.79 Å². The summed E-state index contributed by atoms with van der Waals surface area (Å²) in [5, 5.41) is 12.1. The van der Waals surface area contributed by atoms with Gasteiger partial charge in [-0.2, -0.15) is 11.8 Å². The number of carbonyl (C=O) groups is 2. The van der Waals surface area contributed by atoms with Gasteiger partial charge in [0.25, 0.3) is 0 Å². The molecule has 5 heteroatoms. The second-order valence-electron chi connectivity index (χ2n) is 6.33. The van der Waals surface area contributed by atoms with Gasteiger partial charge >= 0.3 is 5.97 Å². The first kappa shape index (κ1) is 16.9. The number of carbonyl (C=O) groups excluding carboxylic acids is 1. The SMILES string of the molecule is CC(C)Cc1ccc(CC(=O)NC2(C(=O)O)CCSC2)cc1. The zero-order valence-electron chi connectivity index (χ0n) is 13.1. The zero-order chi connectivity index (χ0) is 16.2. The van der Waals surface area contributed by atoms with Crippen LogP contribution in [0.1, 0.15) is 31.4 Å². The largest absolute Gasteiger partial charge is 0.479 e. The second-order valence-corrected chi connectivity index (χ2v) is 7.43. The van der Waals surface area contributed by atoms with Gasteiger partial charge in [-0.05, 0) is 35.6 Å². The Kier molecular flexibility index (Phi) is 5.51. The van der Waals surface area contributed by atoms with E-state index in [4.69, 9.17) is 0 Å². The van der Waals surface area contributed by atoms with E-state index >= 15 is 0 Å². The van der Waals surface area contributed by atoms with Crippen LogP contribution in [0.2, 0.25) is 0 Å². The molecular formula is C17H23NO3S. The number of carboxylic acid groups (broad SMARTS) is 1. The van der Waals surface area contributed by atoms with E-state index in [0.29, 0.717) is 18.1 Å². The number of benzene rings is 1. The molecule has 1 heterocycles. The number of nitrogens with one attached hydrogen (secondary N) is 1. The summed E-state index contributed by atoms with van der Waals surface area (Å²) in [7, 11) is 0. The number of hydrogen-bond donors (Lipinski definition) is 2. The van der Waals surface area contributed by atoms with Crippen molar-refractivity contribution in [1.82, 2.24) is 5.32 Å². The van der Waals surface area contributed by atoms with Crippen molar-refractivity contribution in [3.63, 3.8) is 0 Å². The lowest BCUT2D eigenvalue weighted by Crippen LogP contribution is -2.55. The zero-order valence-corrected chi connectivity index (χ0v) is 13.9. The van der Waals surface area contributed by atoms with Crippen LogP contribution in [0.3, 0.4) is 0 Å². The van der Waals surface area contributed by atoms with Crippen LogP contribution in [0.5, 0.6) is 0 Å². The van der Waals surface area contributed by atoms with E-state index in [1.807, 2.05) is 24.3 Å². The van der Waals surface area contributed by atoms with Gasteiger partial charge in [-0.25, -0.2) is 4.79 Å². The summed E-state index contributed by atoms with van der Waals surface area (Å²) in [4.78, 5) is 23.6. The van der Waals surface area contributed by atoms with E-state index in [9.17, 15) is 14.7 Å². The first-order chi connectivity index (χ1) is 10.4. The molecule has 2 N–H and O–H groups in total. The molecule has 1 unspecified atom stereocenters. The second kappa shape index (κ2) is 7.18. The Morgan fingerprint density at radius 1 is 1.27 bits per heavy atom. The molecule has 120 valence electrons. The smallest absolute Gasteiger partial charge is 0.330 e. The van der Waals surface area contributed by atoms with Gasteiger partial charge in [0.15, 0.2) is 0 Å².